The fourth-order valence-electron chi connectivity index (χ4n) is 2.85. The van der Waals surface area contributed by atoms with Crippen LogP contribution in [-0.2, 0) is 10.0 Å². The van der Waals surface area contributed by atoms with Gasteiger partial charge in [-0.2, -0.15) is 0 Å². The van der Waals surface area contributed by atoms with Gasteiger partial charge >= 0.3 is 0 Å². The van der Waals surface area contributed by atoms with Crippen molar-refractivity contribution in [2.24, 2.45) is 5.73 Å². The molecule has 0 amide bonds. The maximum atomic E-state index is 12.4. The zero-order valence-electron chi connectivity index (χ0n) is 12.3. The minimum atomic E-state index is -3.48. The molecule has 0 unspecified atom stereocenters. The largest absolute Gasteiger partial charge is 0.324 e. The molecular formula is C15H24N2O2S. The highest BCUT2D eigenvalue weighted by Crippen LogP contribution is 2.26. The van der Waals surface area contributed by atoms with Gasteiger partial charge < -0.3 is 5.73 Å². The molecule has 0 aliphatic heterocycles. The lowest BCUT2D eigenvalue weighted by Crippen LogP contribution is -2.51. The van der Waals surface area contributed by atoms with E-state index in [2.05, 4.69) is 4.72 Å². The summed E-state index contributed by atoms with van der Waals surface area (Å²) in [5, 5.41) is 0. The quantitative estimate of drug-likeness (QED) is 0.895. The third-order valence-electron chi connectivity index (χ3n) is 4.08. The summed E-state index contributed by atoms with van der Waals surface area (Å²) in [6, 6.07) is 5.37. The monoisotopic (exact) mass is 296 g/mol. The van der Waals surface area contributed by atoms with E-state index in [9.17, 15) is 8.42 Å². The van der Waals surface area contributed by atoms with Crippen molar-refractivity contribution >= 4 is 10.0 Å². The van der Waals surface area contributed by atoms with Gasteiger partial charge in [0.05, 0.1) is 4.90 Å². The molecule has 1 aromatic carbocycles. The van der Waals surface area contributed by atoms with E-state index >= 15 is 0 Å². The Morgan fingerprint density at radius 1 is 1.20 bits per heavy atom. The van der Waals surface area contributed by atoms with Crippen molar-refractivity contribution in [2.75, 3.05) is 6.54 Å². The number of rotatable bonds is 4. The second kappa shape index (κ2) is 5.84. The average Bonchev–Trinajstić information content (AvgIpc) is 2.37. The van der Waals surface area contributed by atoms with Gasteiger partial charge in [0.1, 0.15) is 0 Å². The first-order chi connectivity index (χ1) is 9.32. The van der Waals surface area contributed by atoms with Crippen LogP contribution in [0.1, 0.15) is 43.2 Å². The summed E-state index contributed by atoms with van der Waals surface area (Å²) >= 11 is 0. The normalized spacial score (nSPS) is 18.9. The number of benzene rings is 1. The van der Waals surface area contributed by atoms with Crippen LogP contribution in [0.15, 0.2) is 23.1 Å². The molecule has 3 N–H and O–H groups in total. The molecule has 0 radical (unpaired) electrons. The Morgan fingerprint density at radius 2 is 1.85 bits per heavy atom. The first-order valence-electron chi connectivity index (χ1n) is 7.18. The number of nitrogens with one attached hydrogen (secondary N) is 1. The van der Waals surface area contributed by atoms with E-state index in [4.69, 9.17) is 5.73 Å². The number of hydrogen-bond acceptors (Lipinski definition) is 3. The highest BCUT2D eigenvalue weighted by atomic mass is 32.2. The first-order valence-corrected chi connectivity index (χ1v) is 8.67. The number of hydrogen-bond donors (Lipinski definition) is 2. The number of aryl methyl sites for hydroxylation is 2. The van der Waals surface area contributed by atoms with Gasteiger partial charge in [0.2, 0.25) is 10.0 Å². The van der Waals surface area contributed by atoms with Gasteiger partial charge in [0.25, 0.3) is 0 Å². The van der Waals surface area contributed by atoms with Crippen LogP contribution in [0.5, 0.6) is 0 Å². The summed E-state index contributed by atoms with van der Waals surface area (Å²) in [5.41, 5.74) is 7.72. The summed E-state index contributed by atoms with van der Waals surface area (Å²) < 4.78 is 27.5. The molecule has 2 rings (SSSR count). The zero-order valence-corrected chi connectivity index (χ0v) is 13.1. The fourth-order valence-corrected chi connectivity index (χ4v) is 4.21. The van der Waals surface area contributed by atoms with Crippen LogP contribution in [0, 0.1) is 13.8 Å². The van der Waals surface area contributed by atoms with Gasteiger partial charge in [-0.25, -0.2) is 13.1 Å². The topological polar surface area (TPSA) is 72.2 Å². The Labute approximate surface area is 121 Å². The molecule has 1 aliphatic rings. The lowest BCUT2D eigenvalue weighted by Gasteiger charge is -2.33. The second-order valence-corrected chi connectivity index (χ2v) is 7.75. The van der Waals surface area contributed by atoms with E-state index in [1.54, 1.807) is 6.07 Å². The Balaban J connectivity index is 2.11. The van der Waals surface area contributed by atoms with Crippen molar-refractivity contribution in [3.8, 4) is 0 Å². The van der Waals surface area contributed by atoms with Crippen molar-refractivity contribution in [1.29, 1.82) is 0 Å². The summed E-state index contributed by atoms with van der Waals surface area (Å²) in [7, 11) is -3.48. The predicted octanol–water partition coefficient (Wildman–Crippen LogP) is 2.24. The van der Waals surface area contributed by atoms with Crippen LogP contribution in [-0.4, -0.2) is 20.5 Å². The Kier molecular flexibility index (Phi) is 4.52. The van der Waals surface area contributed by atoms with Gasteiger partial charge in [-0.15, -0.1) is 0 Å². The Morgan fingerprint density at radius 3 is 2.45 bits per heavy atom. The van der Waals surface area contributed by atoms with E-state index in [1.807, 2.05) is 26.0 Å². The molecule has 0 aromatic heterocycles. The molecule has 1 saturated carbocycles. The molecule has 0 bridgehead atoms. The molecule has 0 saturated heterocycles. The predicted molar refractivity (Wildman–Crippen MR) is 81.1 cm³/mol. The molecule has 0 atom stereocenters. The third-order valence-corrected chi connectivity index (χ3v) is 5.65. The molecular weight excluding hydrogens is 272 g/mol. The van der Waals surface area contributed by atoms with Crippen LogP contribution in [0.25, 0.3) is 0 Å². The fraction of sp³-hybridized carbons (Fsp3) is 0.600. The number of sulfonamides is 1. The summed E-state index contributed by atoms with van der Waals surface area (Å²) in [4.78, 5) is 0.350. The smallest absolute Gasteiger partial charge is 0.240 e. The Hall–Kier alpha value is -0.910. The third kappa shape index (κ3) is 3.59. The SMILES string of the molecule is Cc1ccc(S(=O)(=O)NCC2(N)CCCCC2)c(C)c1. The first kappa shape index (κ1) is 15.5. The van der Waals surface area contributed by atoms with Crippen LogP contribution in [0.2, 0.25) is 0 Å². The lowest BCUT2D eigenvalue weighted by atomic mass is 9.83. The van der Waals surface area contributed by atoms with Crippen LogP contribution >= 0.6 is 0 Å². The molecule has 4 nitrogen and oxygen atoms in total. The average molecular weight is 296 g/mol. The van der Waals surface area contributed by atoms with E-state index < -0.39 is 10.0 Å². The van der Waals surface area contributed by atoms with E-state index in [1.165, 1.54) is 6.42 Å². The zero-order chi connectivity index (χ0) is 14.8. The van der Waals surface area contributed by atoms with Crippen molar-refractivity contribution in [3.63, 3.8) is 0 Å². The number of nitrogens with two attached hydrogens (primary N) is 1. The van der Waals surface area contributed by atoms with Gasteiger partial charge in [-0.1, -0.05) is 37.0 Å². The molecule has 1 aliphatic carbocycles. The minimum absolute atomic E-state index is 0.322. The van der Waals surface area contributed by atoms with Crippen molar-refractivity contribution in [3.05, 3.63) is 29.3 Å². The molecule has 1 aromatic rings. The minimum Gasteiger partial charge on any atom is -0.324 e. The Bertz CT molecular complexity index is 576. The van der Waals surface area contributed by atoms with Gasteiger partial charge in [-0.05, 0) is 38.3 Å². The maximum absolute atomic E-state index is 12.4. The van der Waals surface area contributed by atoms with Gasteiger partial charge in [0, 0.05) is 12.1 Å². The highest BCUT2D eigenvalue weighted by molar-refractivity contribution is 7.89. The van der Waals surface area contributed by atoms with Gasteiger partial charge in [-0.3, -0.25) is 0 Å². The molecule has 0 heterocycles. The van der Waals surface area contributed by atoms with Gasteiger partial charge in [0.15, 0.2) is 0 Å². The standard InChI is InChI=1S/C15H24N2O2S/c1-12-6-7-14(13(2)10-12)20(18,19)17-11-15(16)8-4-3-5-9-15/h6-7,10,17H,3-5,8-9,11,16H2,1-2H3. The maximum Gasteiger partial charge on any atom is 0.240 e. The van der Waals surface area contributed by atoms with Crippen molar-refractivity contribution < 1.29 is 8.42 Å². The van der Waals surface area contributed by atoms with Crippen LogP contribution < -0.4 is 10.5 Å². The van der Waals surface area contributed by atoms with Crippen molar-refractivity contribution in [1.82, 2.24) is 4.72 Å². The van der Waals surface area contributed by atoms with E-state index in [0.29, 0.717) is 11.4 Å². The molecule has 20 heavy (non-hydrogen) atoms. The van der Waals surface area contributed by atoms with E-state index in [0.717, 1.165) is 36.8 Å². The summed E-state index contributed by atoms with van der Waals surface area (Å²) in [6.07, 6.45) is 5.15. The second-order valence-electron chi connectivity index (χ2n) is 6.02. The lowest BCUT2D eigenvalue weighted by molar-refractivity contribution is 0.296. The highest BCUT2D eigenvalue weighted by Gasteiger charge is 2.29. The van der Waals surface area contributed by atoms with E-state index in [-0.39, 0.29) is 5.54 Å². The van der Waals surface area contributed by atoms with Crippen LogP contribution in [0.4, 0.5) is 0 Å². The summed E-state index contributed by atoms with van der Waals surface area (Å²) in [5.74, 6) is 0. The summed E-state index contributed by atoms with van der Waals surface area (Å²) in [6.45, 7) is 4.09. The molecule has 112 valence electrons. The molecule has 5 heteroatoms. The molecule has 0 spiro atoms. The van der Waals surface area contributed by atoms with Crippen molar-refractivity contribution in [2.45, 2.75) is 56.4 Å². The van der Waals surface area contributed by atoms with Crippen LogP contribution in [0.3, 0.4) is 0 Å². The molecule has 1 fully saturated rings.